The summed E-state index contributed by atoms with van der Waals surface area (Å²) in [5.74, 6) is 0. The number of thiophene rings is 1. The number of anilines is 1. The largest absolute Gasteiger partial charge is 0.366 e. The summed E-state index contributed by atoms with van der Waals surface area (Å²) < 4.78 is 0.873. The highest BCUT2D eigenvalue weighted by Crippen LogP contribution is 2.37. The van der Waals surface area contributed by atoms with Crippen molar-refractivity contribution in [3.63, 3.8) is 0 Å². The number of rotatable bonds is 2. The molecule has 0 fully saturated rings. The molecule has 1 aliphatic heterocycles. The summed E-state index contributed by atoms with van der Waals surface area (Å²) in [4.78, 5) is 3.77. The van der Waals surface area contributed by atoms with E-state index in [0.717, 1.165) is 29.4 Å². The van der Waals surface area contributed by atoms with Crippen LogP contribution >= 0.6 is 22.9 Å². The topological polar surface area (TPSA) is 29.3 Å². The van der Waals surface area contributed by atoms with Gasteiger partial charge in [0.1, 0.15) is 0 Å². The van der Waals surface area contributed by atoms with Crippen molar-refractivity contribution in [2.45, 2.75) is 19.5 Å². The van der Waals surface area contributed by atoms with Gasteiger partial charge in [0.25, 0.3) is 0 Å². The van der Waals surface area contributed by atoms with Crippen molar-refractivity contribution in [1.29, 1.82) is 0 Å². The van der Waals surface area contributed by atoms with Crippen molar-refractivity contribution in [3.05, 3.63) is 50.7 Å². The number of nitrogens with two attached hydrogens (primary N) is 1. The van der Waals surface area contributed by atoms with E-state index in [1.807, 2.05) is 6.07 Å². The van der Waals surface area contributed by atoms with Gasteiger partial charge in [0.15, 0.2) is 0 Å². The standard InChI is InChI=1S/C14H15ClN2S/c15-14-12(8-16)11-6-7-17(9-13(11)18-14)10-4-2-1-3-5-10/h1-5H,6-9,16H2. The number of nitrogens with zero attached hydrogens (tertiary/aromatic N) is 1. The van der Waals surface area contributed by atoms with Gasteiger partial charge in [0, 0.05) is 23.7 Å². The summed E-state index contributed by atoms with van der Waals surface area (Å²) in [5, 5.41) is 0. The van der Waals surface area contributed by atoms with Crippen molar-refractivity contribution in [2.24, 2.45) is 5.73 Å². The second kappa shape index (κ2) is 4.92. The lowest BCUT2D eigenvalue weighted by molar-refractivity contribution is 0.737. The molecule has 0 amide bonds. The van der Waals surface area contributed by atoms with E-state index in [9.17, 15) is 0 Å². The van der Waals surface area contributed by atoms with Gasteiger partial charge in [-0.05, 0) is 29.7 Å². The maximum atomic E-state index is 6.25. The summed E-state index contributed by atoms with van der Waals surface area (Å²) in [6.45, 7) is 2.54. The average molecular weight is 279 g/mol. The Morgan fingerprint density at radius 1 is 1.28 bits per heavy atom. The van der Waals surface area contributed by atoms with E-state index < -0.39 is 0 Å². The van der Waals surface area contributed by atoms with Gasteiger partial charge in [-0.3, -0.25) is 0 Å². The highest BCUT2D eigenvalue weighted by Gasteiger charge is 2.23. The molecular weight excluding hydrogens is 264 g/mol. The zero-order chi connectivity index (χ0) is 12.5. The summed E-state index contributed by atoms with van der Waals surface area (Å²) in [6.07, 6.45) is 1.04. The van der Waals surface area contributed by atoms with E-state index in [1.165, 1.54) is 16.1 Å². The third-order valence-electron chi connectivity index (χ3n) is 3.44. The number of benzene rings is 1. The number of hydrogen-bond donors (Lipinski definition) is 1. The Balaban J connectivity index is 1.90. The molecule has 2 N–H and O–H groups in total. The quantitative estimate of drug-likeness (QED) is 0.912. The third kappa shape index (κ3) is 2.03. The van der Waals surface area contributed by atoms with Crippen LogP contribution in [0.15, 0.2) is 30.3 Å². The zero-order valence-electron chi connectivity index (χ0n) is 10.0. The Labute approximate surface area is 116 Å². The van der Waals surface area contributed by atoms with E-state index in [1.54, 1.807) is 11.3 Å². The molecule has 0 bridgehead atoms. The molecule has 0 radical (unpaired) electrons. The van der Waals surface area contributed by atoms with Crippen LogP contribution in [-0.2, 0) is 19.5 Å². The molecule has 0 unspecified atom stereocenters. The Hall–Kier alpha value is -1.03. The highest BCUT2D eigenvalue weighted by atomic mass is 35.5. The van der Waals surface area contributed by atoms with Gasteiger partial charge < -0.3 is 10.6 Å². The molecule has 2 aromatic rings. The maximum Gasteiger partial charge on any atom is 0.0979 e. The van der Waals surface area contributed by atoms with E-state index in [2.05, 4.69) is 29.2 Å². The molecule has 4 heteroatoms. The van der Waals surface area contributed by atoms with Crippen LogP contribution in [0.1, 0.15) is 16.0 Å². The van der Waals surface area contributed by atoms with Crippen LogP contribution in [0.2, 0.25) is 4.34 Å². The van der Waals surface area contributed by atoms with Crippen molar-refractivity contribution in [1.82, 2.24) is 0 Å². The molecule has 1 aromatic carbocycles. The first-order valence-corrected chi connectivity index (χ1v) is 7.28. The van der Waals surface area contributed by atoms with E-state index >= 15 is 0 Å². The lowest BCUT2D eigenvalue weighted by Crippen LogP contribution is -2.29. The molecule has 1 aliphatic rings. The molecule has 2 nitrogen and oxygen atoms in total. The van der Waals surface area contributed by atoms with Gasteiger partial charge in [-0.2, -0.15) is 0 Å². The van der Waals surface area contributed by atoms with Crippen molar-refractivity contribution in [2.75, 3.05) is 11.4 Å². The lowest BCUT2D eigenvalue weighted by atomic mass is 10.0. The van der Waals surface area contributed by atoms with Gasteiger partial charge >= 0.3 is 0 Å². The van der Waals surface area contributed by atoms with Gasteiger partial charge in [-0.25, -0.2) is 0 Å². The minimum absolute atomic E-state index is 0.552. The van der Waals surface area contributed by atoms with E-state index in [-0.39, 0.29) is 0 Å². The second-order valence-electron chi connectivity index (χ2n) is 4.47. The predicted octanol–water partition coefficient (Wildman–Crippen LogP) is 3.42. The van der Waals surface area contributed by atoms with Gasteiger partial charge in [0.05, 0.1) is 10.9 Å². The molecule has 2 heterocycles. The van der Waals surface area contributed by atoms with Crippen molar-refractivity contribution < 1.29 is 0 Å². The second-order valence-corrected chi connectivity index (χ2v) is 6.17. The van der Waals surface area contributed by atoms with Crippen LogP contribution in [0.25, 0.3) is 0 Å². The molecule has 0 saturated heterocycles. The molecule has 18 heavy (non-hydrogen) atoms. The maximum absolute atomic E-state index is 6.25. The summed E-state index contributed by atoms with van der Waals surface area (Å²) in [7, 11) is 0. The first-order chi connectivity index (χ1) is 8.79. The van der Waals surface area contributed by atoms with Crippen molar-refractivity contribution >= 4 is 28.6 Å². The summed E-state index contributed by atoms with van der Waals surface area (Å²) in [6, 6.07) is 10.5. The fourth-order valence-electron chi connectivity index (χ4n) is 2.50. The van der Waals surface area contributed by atoms with E-state index in [0.29, 0.717) is 6.54 Å². The van der Waals surface area contributed by atoms with E-state index in [4.69, 9.17) is 17.3 Å². The van der Waals surface area contributed by atoms with Crippen LogP contribution in [0.5, 0.6) is 0 Å². The molecule has 94 valence electrons. The summed E-state index contributed by atoms with van der Waals surface area (Å²) >= 11 is 7.93. The average Bonchev–Trinajstić information content (AvgIpc) is 2.74. The Morgan fingerprint density at radius 3 is 2.78 bits per heavy atom. The number of para-hydroxylation sites is 1. The molecule has 0 saturated carbocycles. The number of hydrogen-bond acceptors (Lipinski definition) is 3. The summed E-state index contributed by atoms with van der Waals surface area (Å²) in [5.41, 5.74) is 9.60. The fourth-order valence-corrected chi connectivity index (χ4v) is 4.08. The number of halogens is 1. The predicted molar refractivity (Wildman–Crippen MR) is 78.4 cm³/mol. The highest BCUT2D eigenvalue weighted by molar-refractivity contribution is 7.16. The smallest absolute Gasteiger partial charge is 0.0979 e. The van der Waals surface area contributed by atoms with Crippen LogP contribution in [0.4, 0.5) is 5.69 Å². The molecule has 0 aliphatic carbocycles. The van der Waals surface area contributed by atoms with Crippen LogP contribution < -0.4 is 10.6 Å². The molecular formula is C14H15ClN2S. The van der Waals surface area contributed by atoms with Crippen LogP contribution in [-0.4, -0.2) is 6.54 Å². The van der Waals surface area contributed by atoms with Gasteiger partial charge in [0.2, 0.25) is 0 Å². The normalized spacial score (nSPS) is 14.7. The minimum atomic E-state index is 0.552. The van der Waals surface area contributed by atoms with Crippen LogP contribution in [0, 0.1) is 0 Å². The Bertz CT molecular complexity index is 550. The number of fused-ring (bicyclic) bond motifs is 1. The molecule has 3 rings (SSSR count). The Morgan fingerprint density at radius 2 is 2.06 bits per heavy atom. The Kier molecular flexibility index (Phi) is 3.29. The lowest BCUT2D eigenvalue weighted by Gasteiger charge is -2.29. The van der Waals surface area contributed by atoms with Crippen LogP contribution in [0.3, 0.4) is 0 Å². The minimum Gasteiger partial charge on any atom is -0.366 e. The molecule has 0 spiro atoms. The third-order valence-corrected chi connectivity index (χ3v) is 4.95. The van der Waals surface area contributed by atoms with Gasteiger partial charge in [-0.1, -0.05) is 29.8 Å². The monoisotopic (exact) mass is 278 g/mol. The molecule has 1 aromatic heterocycles. The first kappa shape index (κ1) is 12.0. The van der Waals surface area contributed by atoms with Crippen molar-refractivity contribution in [3.8, 4) is 0 Å². The zero-order valence-corrected chi connectivity index (χ0v) is 11.6. The molecule has 0 atom stereocenters. The van der Waals surface area contributed by atoms with Gasteiger partial charge in [-0.15, -0.1) is 11.3 Å². The first-order valence-electron chi connectivity index (χ1n) is 6.08. The SMILES string of the molecule is NCc1c(Cl)sc2c1CCN(c1ccccc1)C2. The fraction of sp³-hybridized carbons (Fsp3) is 0.286.